The van der Waals surface area contributed by atoms with Gasteiger partial charge in [-0.05, 0) is 55.1 Å². The molecule has 0 N–H and O–H groups in total. The first kappa shape index (κ1) is 20.7. The van der Waals surface area contributed by atoms with Crippen LogP contribution < -0.4 is 4.90 Å². The number of Topliss-reactive ketones (excluding diaryl/α,β-unsaturated/α-hetero) is 1. The van der Waals surface area contributed by atoms with E-state index in [-0.39, 0.29) is 18.2 Å². The molecule has 0 radical (unpaired) electrons. The average molecular weight is 462 g/mol. The van der Waals surface area contributed by atoms with Gasteiger partial charge >= 0.3 is 0 Å². The molecule has 32 heavy (non-hydrogen) atoms. The van der Waals surface area contributed by atoms with Gasteiger partial charge in [0.25, 0.3) is 5.91 Å². The van der Waals surface area contributed by atoms with Crippen LogP contribution in [0.4, 0.5) is 11.4 Å². The predicted molar refractivity (Wildman–Crippen MR) is 128 cm³/mol. The number of aliphatic imine (C=N–C) groups is 1. The zero-order valence-corrected chi connectivity index (χ0v) is 19.1. The van der Waals surface area contributed by atoms with Gasteiger partial charge in [-0.1, -0.05) is 36.0 Å². The number of amidine groups is 1. The zero-order chi connectivity index (χ0) is 22.2. The van der Waals surface area contributed by atoms with E-state index >= 15 is 0 Å². The van der Waals surface area contributed by atoms with Gasteiger partial charge in [0.2, 0.25) is 0 Å². The van der Waals surface area contributed by atoms with Crippen molar-refractivity contribution in [1.82, 2.24) is 4.90 Å². The van der Waals surface area contributed by atoms with Gasteiger partial charge in [0.1, 0.15) is 10.7 Å². The van der Waals surface area contributed by atoms with E-state index in [2.05, 4.69) is 6.07 Å². The SMILES string of the molecule is CC(=O)c1cccc(N=C2S/C(=C3\Sc4ccccc4N3C)C(=O)N2Cc2ccco2)c1. The molecule has 0 saturated carbocycles. The summed E-state index contributed by atoms with van der Waals surface area (Å²) < 4.78 is 5.49. The maximum Gasteiger partial charge on any atom is 0.269 e. The summed E-state index contributed by atoms with van der Waals surface area (Å²) in [7, 11) is 1.97. The molecule has 1 fully saturated rings. The van der Waals surface area contributed by atoms with E-state index in [1.807, 2.05) is 42.3 Å². The van der Waals surface area contributed by atoms with E-state index < -0.39 is 0 Å². The fourth-order valence-electron chi connectivity index (χ4n) is 3.52. The number of benzene rings is 2. The fraction of sp³-hybridized carbons (Fsp3) is 0.125. The molecule has 1 aromatic heterocycles. The number of carbonyl (C=O) groups excluding carboxylic acids is 2. The maximum absolute atomic E-state index is 13.5. The lowest BCUT2D eigenvalue weighted by Crippen LogP contribution is -2.29. The molecule has 3 heterocycles. The molecule has 0 spiro atoms. The van der Waals surface area contributed by atoms with E-state index in [9.17, 15) is 9.59 Å². The number of nitrogens with zero attached hydrogens (tertiary/aromatic N) is 3. The van der Waals surface area contributed by atoms with Gasteiger partial charge in [-0.15, -0.1) is 0 Å². The third-order valence-corrected chi connectivity index (χ3v) is 7.60. The van der Waals surface area contributed by atoms with Crippen LogP contribution in [0.1, 0.15) is 23.0 Å². The van der Waals surface area contributed by atoms with Gasteiger partial charge < -0.3 is 9.32 Å². The van der Waals surface area contributed by atoms with Crippen LogP contribution in [-0.4, -0.2) is 28.8 Å². The van der Waals surface area contributed by atoms with E-state index in [1.54, 1.807) is 47.2 Å². The fourth-order valence-corrected chi connectivity index (χ4v) is 5.86. The summed E-state index contributed by atoms with van der Waals surface area (Å²) in [4.78, 5) is 35.5. The van der Waals surface area contributed by atoms with Gasteiger partial charge in [0.15, 0.2) is 11.0 Å². The Kier molecular flexibility index (Phi) is 5.40. The summed E-state index contributed by atoms with van der Waals surface area (Å²) >= 11 is 2.93. The van der Waals surface area contributed by atoms with Gasteiger partial charge in [0.05, 0.1) is 29.2 Å². The lowest BCUT2D eigenvalue weighted by molar-refractivity contribution is -0.122. The molecule has 0 unspecified atom stereocenters. The normalized spacial score (nSPS) is 19.2. The molecule has 2 aliphatic heterocycles. The smallest absolute Gasteiger partial charge is 0.269 e. The highest BCUT2D eigenvalue weighted by Gasteiger charge is 2.39. The van der Waals surface area contributed by atoms with E-state index in [0.717, 1.165) is 15.6 Å². The second-order valence-electron chi connectivity index (χ2n) is 7.34. The Balaban J connectivity index is 1.56. The topological polar surface area (TPSA) is 66.1 Å². The van der Waals surface area contributed by atoms with Crippen molar-refractivity contribution in [2.24, 2.45) is 4.99 Å². The number of rotatable bonds is 4. The Labute approximate surface area is 194 Å². The van der Waals surface area contributed by atoms with Gasteiger partial charge in [-0.25, -0.2) is 4.99 Å². The number of hydrogen-bond donors (Lipinski definition) is 0. The van der Waals surface area contributed by atoms with Crippen molar-refractivity contribution in [2.45, 2.75) is 18.4 Å². The van der Waals surface area contributed by atoms with Crippen LogP contribution in [0.15, 0.2) is 91.2 Å². The summed E-state index contributed by atoms with van der Waals surface area (Å²) in [5, 5.41) is 1.44. The largest absolute Gasteiger partial charge is 0.467 e. The summed E-state index contributed by atoms with van der Waals surface area (Å²) in [5.41, 5.74) is 2.28. The Morgan fingerprint density at radius 2 is 1.91 bits per heavy atom. The molecule has 0 aliphatic carbocycles. The second kappa shape index (κ2) is 8.37. The van der Waals surface area contributed by atoms with Gasteiger partial charge in [-0.3, -0.25) is 14.5 Å². The molecule has 0 bridgehead atoms. The summed E-state index contributed by atoms with van der Waals surface area (Å²) in [6.07, 6.45) is 1.59. The monoisotopic (exact) mass is 461 g/mol. The molecular formula is C24H19N3O3S2. The van der Waals surface area contributed by atoms with Crippen LogP contribution in [0, 0.1) is 0 Å². The summed E-state index contributed by atoms with van der Waals surface area (Å²) in [5.74, 6) is 0.528. The van der Waals surface area contributed by atoms with Crippen LogP contribution in [-0.2, 0) is 11.3 Å². The number of fused-ring (bicyclic) bond motifs is 1. The molecule has 8 heteroatoms. The molecule has 2 aliphatic rings. The lowest BCUT2D eigenvalue weighted by atomic mass is 10.1. The molecule has 0 atom stereocenters. The van der Waals surface area contributed by atoms with E-state index in [1.165, 1.54) is 18.7 Å². The number of carbonyl (C=O) groups is 2. The maximum atomic E-state index is 13.5. The average Bonchev–Trinajstić information content (AvgIpc) is 3.49. The Bertz CT molecular complexity index is 1280. The Hall–Kier alpha value is -3.23. The van der Waals surface area contributed by atoms with Crippen LogP contribution in [0.5, 0.6) is 0 Å². The van der Waals surface area contributed by atoms with Crippen molar-refractivity contribution >= 4 is 51.8 Å². The molecule has 1 saturated heterocycles. The molecular weight excluding hydrogens is 442 g/mol. The molecule has 3 aromatic rings. The highest BCUT2D eigenvalue weighted by atomic mass is 32.2. The number of ketones is 1. The van der Waals surface area contributed by atoms with E-state index in [4.69, 9.17) is 9.41 Å². The number of thioether (sulfide) groups is 2. The van der Waals surface area contributed by atoms with Crippen molar-refractivity contribution in [3.63, 3.8) is 0 Å². The van der Waals surface area contributed by atoms with E-state index in [0.29, 0.717) is 27.1 Å². The number of amides is 1. The first-order valence-electron chi connectivity index (χ1n) is 9.98. The number of para-hydroxylation sites is 1. The highest BCUT2D eigenvalue weighted by molar-refractivity contribution is 8.19. The number of furan rings is 1. The van der Waals surface area contributed by atoms with Crippen molar-refractivity contribution < 1.29 is 14.0 Å². The minimum absolute atomic E-state index is 0.0285. The zero-order valence-electron chi connectivity index (χ0n) is 17.4. The van der Waals surface area contributed by atoms with Crippen LogP contribution in [0.25, 0.3) is 0 Å². The first-order valence-corrected chi connectivity index (χ1v) is 11.6. The van der Waals surface area contributed by atoms with Crippen LogP contribution in [0.2, 0.25) is 0 Å². The Morgan fingerprint density at radius 3 is 2.66 bits per heavy atom. The standard InChI is InChI=1S/C24H19N3O3S2/c1-15(28)16-7-5-8-17(13-16)25-24-27(14-18-9-6-12-30-18)22(29)21(32-24)23-26(2)19-10-3-4-11-20(19)31-23/h3-13H,14H2,1-2H3/b23-21-,25-24?. The molecule has 5 rings (SSSR count). The van der Waals surface area contributed by atoms with Crippen molar-refractivity contribution in [1.29, 1.82) is 0 Å². The Morgan fingerprint density at radius 1 is 1.06 bits per heavy atom. The lowest BCUT2D eigenvalue weighted by Gasteiger charge is -2.15. The van der Waals surface area contributed by atoms with Crippen LogP contribution in [0.3, 0.4) is 0 Å². The molecule has 2 aromatic carbocycles. The first-order chi connectivity index (χ1) is 15.5. The molecule has 1 amide bonds. The number of anilines is 1. The van der Waals surface area contributed by atoms with Crippen LogP contribution >= 0.6 is 23.5 Å². The summed E-state index contributed by atoms with van der Waals surface area (Å²) in [6.45, 7) is 1.80. The third kappa shape index (κ3) is 3.76. The molecule has 160 valence electrons. The minimum atomic E-state index is -0.116. The molecule has 6 nitrogen and oxygen atoms in total. The second-order valence-corrected chi connectivity index (χ2v) is 9.34. The van der Waals surface area contributed by atoms with Crippen molar-refractivity contribution in [3.8, 4) is 0 Å². The number of hydrogen-bond acceptors (Lipinski definition) is 7. The van der Waals surface area contributed by atoms with Gasteiger partial charge in [0, 0.05) is 17.5 Å². The highest BCUT2D eigenvalue weighted by Crippen LogP contribution is 2.50. The summed E-state index contributed by atoms with van der Waals surface area (Å²) in [6, 6.07) is 18.8. The predicted octanol–water partition coefficient (Wildman–Crippen LogP) is 5.66. The van der Waals surface area contributed by atoms with Crippen molar-refractivity contribution in [3.05, 3.63) is 88.2 Å². The van der Waals surface area contributed by atoms with Crippen molar-refractivity contribution in [2.75, 3.05) is 11.9 Å². The van der Waals surface area contributed by atoms with Gasteiger partial charge in [-0.2, -0.15) is 0 Å². The quantitative estimate of drug-likeness (QED) is 0.369. The minimum Gasteiger partial charge on any atom is -0.467 e. The third-order valence-electron chi connectivity index (χ3n) is 5.17.